The molecule has 0 aliphatic carbocycles. The molecule has 0 saturated carbocycles. The van der Waals surface area contributed by atoms with Crippen molar-refractivity contribution < 1.29 is 9.84 Å². The van der Waals surface area contributed by atoms with Gasteiger partial charge < -0.3 is 14.7 Å². The molecule has 0 aromatic carbocycles. The third kappa shape index (κ3) is 1.97. The Hall–Kier alpha value is -0.120. The van der Waals surface area contributed by atoms with Crippen molar-refractivity contribution in [2.75, 3.05) is 14.1 Å². The van der Waals surface area contributed by atoms with Gasteiger partial charge >= 0.3 is 0 Å². The Balaban J connectivity index is 2.55. The largest absolute Gasteiger partial charge is 0.390 e. The second kappa shape index (κ2) is 3.73. The molecule has 1 N–H and O–H groups in total. The molecule has 3 heteroatoms. The number of hydrogen-bond acceptors (Lipinski definition) is 3. The van der Waals surface area contributed by atoms with Crippen LogP contribution in [-0.2, 0) is 4.74 Å². The van der Waals surface area contributed by atoms with E-state index in [0.29, 0.717) is 6.04 Å². The zero-order valence-corrected chi connectivity index (χ0v) is 8.32. The maximum atomic E-state index is 9.56. The van der Waals surface area contributed by atoms with Gasteiger partial charge in [0.15, 0.2) is 0 Å². The third-order valence-electron chi connectivity index (χ3n) is 2.66. The Morgan fingerprint density at radius 2 is 1.83 bits per heavy atom. The number of aliphatic hydroxyl groups is 1. The van der Waals surface area contributed by atoms with Crippen molar-refractivity contribution in [1.82, 2.24) is 4.90 Å². The summed E-state index contributed by atoms with van der Waals surface area (Å²) < 4.78 is 5.58. The van der Waals surface area contributed by atoms with E-state index in [1.165, 1.54) is 0 Å². The Bertz CT molecular complexity index is 149. The lowest BCUT2D eigenvalue weighted by Gasteiger charge is -2.39. The molecule has 1 unspecified atom stereocenters. The monoisotopic (exact) mass is 173 g/mol. The highest BCUT2D eigenvalue weighted by atomic mass is 16.5. The summed E-state index contributed by atoms with van der Waals surface area (Å²) in [6.45, 7) is 3.99. The van der Waals surface area contributed by atoms with Crippen LogP contribution in [0.25, 0.3) is 0 Å². The van der Waals surface area contributed by atoms with Crippen LogP contribution in [0.2, 0.25) is 0 Å². The summed E-state index contributed by atoms with van der Waals surface area (Å²) in [5, 5.41) is 9.56. The quantitative estimate of drug-likeness (QED) is 0.626. The molecule has 72 valence electrons. The summed E-state index contributed by atoms with van der Waals surface area (Å²) in [5.41, 5.74) is 0. The van der Waals surface area contributed by atoms with Gasteiger partial charge in [-0.05, 0) is 34.4 Å². The molecule has 0 bridgehead atoms. The van der Waals surface area contributed by atoms with Crippen molar-refractivity contribution >= 4 is 0 Å². The highest BCUT2D eigenvalue weighted by Gasteiger charge is 2.33. The zero-order chi connectivity index (χ0) is 9.30. The van der Waals surface area contributed by atoms with E-state index in [1.54, 1.807) is 0 Å². The van der Waals surface area contributed by atoms with Crippen molar-refractivity contribution in [1.29, 1.82) is 0 Å². The number of hydrogen-bond donors (Lipinski definition) is 1. The molecule has 1 aliphatic rings. The standard InChI is InChI=1S/C9H19NO2/c1-6-8(10(3)4)5-9(11)7(2)12-6/h6-9,11H,5H2,1-4H3/t6-,7+,8+,9?/m1/s1. The van der Waals surface area contributed by atoms with Gasteiger partial charge in [-0.1, -0.05) is 0 Å². The fraction of sp³-hybridized carbons (Fsp3) is 1.00. The number of likely N-dealkylation sites (N-methyl/N-ethyl adjacent to an activating group) is 1. The minimum absolute atomic E-state index is 0.0174. The van der Waals surface area contributed by atoms with Crippen LogP contribution in [-0.4, -0.2) is 48.5 Å². The van der Waals surface area contributed by atoms with Gasteiger partial charge in [0.05, 0.1) is 18.3 Å². The number of nitrogens with zero attached hydrogens (tertiary/aromatic N) is 1. The van der Waals surface area contributed by atoms with Crippen LogP contribution in [0.15, 0.2) is 0 Å². The first-order valence-electron chi connectivity index (χ1n) is 4.52. The van der Waals surface area contributed by atoms with Gasteiger partial charge in [-0.15, -0.1) is 0 Å². The average molecular weight is 173 g/mol. The van der Waals surface area contributed by atoms with E-state index in [-0.39, 0.29) is 18.3 Å². The van der Waals surface area contributed by atoms with E-state index in [4.69, 9.17) is 4.74 Å². The minimum atomic E-state index is -0.311. The summed E-state index contributed by atoms with van der Waals surface area (Å²) >= 11 is 0. The van der Waals surface area contributed by atoms with Crippen LogP contribution in [0.5, 0.6) is 0 Å². The topological polar surface area (TPSA) is 32.7 Å². The molecular formula is C9H19NO2. The predicted molar refractivity (Wildman–Crippen MR) is 48.1 cm³/mol. The van der Waals surface area contributed by atoms with Crippen molar-refractivity contribution in [3.05, 3.63) is 0 Å². The first kappa shape index (κ1) is 9.96. The maximum Gasteiger partial charge on any atom is 0.0815 e. The highest BCUT2D eigenvalue weighted by Crippen LogP contribution is 2.22. The Morgan fingerprint density at radius 3 is 2.33 bits per heavy atom. The molecule has 0 spiro atoms. The summed E-state index contributed by atoms with van der Waals surface area (Å²) in [4.78, 5) is 2.11. The van der Waals surface area contributed by atoms with Crippen molar-refractivity contribution in [2.45, 2.75) is 44.6 Å². The second-order valence-corrected chi connectivity index (χ2v) is 3.88. The fourth-order valence-electron chi connectivity index (χ4n) is 1.78. The van der Waals surface area contributed by atoms with Crippen molar-refractivity contribution in [3.8, 4) is 0 Å². The average Bonchev–Trinajstić information content (AvgIpc) is 1.96. The first-order valence-corrected chi connectivity index (χ1v) is 4.52. The van der Waals surface area contributed by atoms with E-state index >= 15 is 0 Å². The summed E-state index contributed by atoms with van der Waals surface area (Å²) in [6, 6.07) is 0.344. The van der Waals surface area contributed by atoms with Gasteiger partial charge in [0.1, 0.15) is 0 Å². The summed E-state index contributed by atoms with van der Waals surface area (Å²) in [6.07, 6.45) is 0.707. The normalized spacial score (nSPS) is 43.5. The van der Waals surface area contributed by atoms with E-state index < -0.39 is 0 Å². The molecule has 4 atom stereocenters. The summed E-state index contributed by atoms with van der Waals surface area (Å²) in [5.74, 6) is 0. The molecule has 1 fully saturated rings. The van der Waals surface area contributed by atoms with Crippen LogP contribution in [0.4, 0.5) is 0 Å². The SMILES string of the molecule is C[C@@H]1O[C@H](C)[C@@H](N(C)C)CC1O. The summed E-state index contributed by atoms with van der Waals surface area (Å²) in [7, 11) is 4.04. The van der Waals surface area contributed by atoms with Crippen molar-refractivity contribution in [2.24, 2.45) is 0 Å². The predicted octanol–water partition coefficient (Wildman–Crippen LogP) is 0.475. The number of ether oxygens (including phenoxy) is 1. The lowest BCUT2D eigenvalue weighted by atomic mass is 9.97. The van der Waals surface area contributed by atoms with Crippen LogP contribution in [0.3, 0.4) is 0 Å². The van der Waals surface area contributed by atoms with Gasteiger partial charge in [-0.25, -0.2) is 0 Å². The molecular weight excluding hydrogens is 154 g/mol. The smallest absolute Gasteiger partial charge is 0.0815 e. The van der Waals surface area contributed by atoms with Crippen LogP contribution in [0.1, 0.15) is 20.3 Å². The van der Waals surface area contributed by atoms with Gasteiger partial charge in [0, 0.05) is 6.04 Å². The molecule has 1 aliphatic heterocycles. The molecule has 0 amide bonds. The molecule has 1 rings (SSSR count). The molecule has 3 nitrogen and oxygen atoms in total. The number of rotatable bonds is 1. The minimum Gasteiger partial charge on any atom is -0.390 e. The van der Waals surface area contributed by atoms with E-state index in [9.17, 15) is 5.11 Å². The number of aliphatic hydroxyl groups excluding tert-OH is 1. The molecule has 0 aromatic rings. The maximum absolute atomic E-state index is 9.56. The third-order valence-corrected chi connectivity index (χ3v) is 2.66. The fourth-order valence-corrected chi connectivity index (χ4v) is 1.78. The Morgan fingerprint density at radius 1 is 1.25 bits per heavy atom. The lowest BCUT2D eigenvalue weighted by Crippen LogP contribution is -2.50. The van der Waals surface area contributed by atoms with Gasteiger partial charge in [-0.3, -0.25) is 0 Å². The van der Waals surface area contributed by atoms with Gasteiger partial charge in [0.25, 0.3) is 0 Å². The van der Waals surface area contributed by atoms with Crippen LogP contribution < -0.4 is 0 Å². The lowest BCUT2D eigenvalue weighted by molar-refractivity contribution is -0.133. The molecule has 1 heterocycles. The molecule has 0 radical (unpaired) electrons. The highest BCUT2D eigenvalue weighted by molar-refractivity contribution is 4.85. The van der Waals surface area contributed by atoms with Crippen LogP contribution >= 0.6 is 0 Å². The molecule has 12 heavy (non-hydrogen) atoms. The second-order valence-electron chi connectivity index (χ2n) is 3.88. The van der Waals surface area contributed by atoms with E-state index in [2.05, 4.69) is 11.8 Å². The molecule has 1 saturated heterocycles. The zero-order valence-electron chi connectivity index (χ0n) is 8.32. The van der Waals surface area contributed by atoms with Crippen molar-refractivity contribution in [3.63, 3.8) is 0 Å². The van der Waals surface area contributed by atoms with Crippen LogP contribution in [0, 0.1) is 0 Å². The molecule has 0 aromatic heterocycles. The van der Waals surface area contributed by atoms with Gasteiger partial charge in [-0.2, -0.15) is 0 Å². The first-order chi connectivity index (χ1) is 5.52. The van der Waals surface area contributed by atoms with Gasteiger partial charge in [0.2, 0.25) is 0 Å². The Labute approximate surface area is 74.3 Å². The van der Waals surface area contributed by atoms with E-state index in [1.807, 2.05) is 21.0 Å². The van der Waals surface area contributed by atoms with E-state index in [0.717, 1.165) is 6.42 Å². The Kier molecular flexibility index (Phi) is 3.09.